The van der Waals surface area contributed by atoms with Gasteiger partial charge in [-0.15, -0.1) is 0 Å². The third kappa shape index (κ3) is 2.61. The number of carbonyl (C=O) groups is 1. The van der Waals surface area contributed by atoms with Crippen molar-refractivity contribution in [2.24, 2.45) is 0 Å². The predicted octanol–water partition coefficient (Wildman–Crippen LogP) is 2.20. The summed E-state index contributed by atoms with van der Waals surface area (Å²) in [6.07, 6.45) is 1.02. The number of rotatable bonds is 5. The van der Waals surface area contributed by atoms with Crippen LogP contribution in [0.1, 0.15) is 35.9 Å². The van der Waals surface area contributed by atoms with Crippen LogP contribution in [0.4, 0.5) is 0 Å². The Labute approximate surface area is 111 Å². The number of aliphatic hydroxyl groups excluding tert-OH is 1. The highest BCUT2D eigenvalue weighted by Crippen LogP contribution is 2.20. The SMILES string of the molecule is CCC(O)CCn1c(C)nc2c(C(=O)O)cccc21. The molecule has 0 spiro atoms. The van der Waals surface area contributed by atoms with Crippen LogP contribution in [0.25, 0.3) is 11.0 Å². The van der Waals surface area contributed by atoms with Crippen LogP contribution in [0, 0.1) is 6.92 Å². The highest BCUT2D eigenvalue weighted by Gasteiger charge is 2.15. The number of aromatic carboxylic acids is 1. The number of carboxylic acid groups (broad SMARTS) is 1. The summed E-state index contributed by atoms with van der Waals surface area (Å²) in [5, 5.41) is 18.8. The monoisotopic (exact) mass is 262 g/mol. The molecule has 2 rings (SSSR count). The summed E-state index contributed by atoms with van der Waals surface area (Å²) in [4.78, 5) is 15.5. The second-order valence-corrected chi connectivity index (χ2v) is 4.64. The Kier molecular flexibility index (Phi) is 3.85. The molecule has 0 aliphatic rings. The highest BCUT2D eigenvalue weighted by atomic mass is 16.4. The number of hydrogen-bond acceptors (Lipinski definition) is 3. The molecule has 2 aromatic rings. The van der Waals surface area contributed by atoms with Crippen molar-refractivity contribution in [2.75, 3.05) is 0 Å². The molecule has 0 aliphatic carbocycles. The second-order valence-electron chi connectivity index (χ2n) is 4.64. The molecule has 2 N–H and O–H groups in total. The Morgan fingerprint density at radius 3 is 2.84 bits per heavy atom. The lowest BCUT2D eigenvalue weighted by molar-refractivity contribution is 0.0699. The van der Waals surface area contributed by atoms with E-state index in [2.05, 4.69) is 4.98 Å². The number of aryl methyl sites for hydroxylation is 2. The van der Waals surface area contributed by atoms with Crippen LogP contribution in [0.15, 0.2) is 18.2 Å². The van der Waals surface area contributed by atoms with Crippen LogP contribution < -0.4 is 0 Å². The van der Waals surface area contributed by atoms with Crippen LogP contribution in [0.2, 0.25) is 0 Å². The quantitative estimate of drug-likeness (QED) is 0.866. The van der Waals surface area contributed by atoms with Crippen LogP contribution in [-0.2, 0) is 6.54 Å². The maximum atomic E-state index is 11.2. The van der Waals surface area contributed by atoms with Crippen molar-refractivity contribution in [2.45, 2.75) is 39.3 Å². The minimum absolute atomic E-state index is 0.218. The molecule has 0 radical (unpaired) electrons. The van der Waals surface area contributed by atoms with E-state index in [9.17, 15) is 9.90 Å². The van der Waals surface area contributed by atoms with Gasteiger partial charge >= 0.3 is 5.97 Å². The Morgan fingerprint density at radius 2 is 2.21 bits per heavy atom. The summed E-state index contributed by atoms with van der Waals surface area (Å²) in [6.45, 7) is 4.43. The maximum Gasteiger partial charge on any atom is 0.337 e. The van der Waals surface area contributed by atoms with E-state index in [1.54, 1.807) is 12.1 Å². The summed E-state index contributed by atoms with van der Waals surface area (Å²) in [6, 6.07) is 5.14. The average molecular weight is 262 g/mol. The molecule has 0 fully saturated rings. The standard InChI is InChI=1S/C14H18N2O3/c1-3-10(17)7-8-16-9(2)15-13-11(14(18)19)5-4-6-12(13)16/h4-6,10,17H,3,7-8H2,1-2H3,(H,18,19). The van der Waals surface area contributed by atoms with Gasteiger partial charge in [0, 0.05) is 6.54 Å². The van der Waals surface area contributed by atoms with Gasteiger partial charge in [-0.05, 0) is 31.9 Å². The zero-order chi connectivity index (χ0) is 14.0. The van der Waals surface area contributed by atoms with Crippen LogP contribution >= 0.6 is 0 Å². The molecule has 102 valence electrons. The number of aromatic nitrogens is 2. The lowest BCUT2D eigenvalue weighted by Gasteiger charge is -2.10. The van der Waals surface area contributed by atoms with Gasteiger partial charge in [0.25, 0.3) is 0 Å². The number of para-hydroxylation sites is 1. The van der Waals surface area contributed by atoms with Gasteiger partial charge in [0.1, 0.15) is 11.3 Å². The number of imidazole rings is 1. The third-order valence-electron chi connectivity index (χ3n) is 3.36. The molecule has 1 aromatic carbocycles. The molecular weight excluding hydrogens is 244 g/mol. The van der Waals surface area contributed by atoms with Crippen molar-refractivity contribution in [3.63, 3.8) is 0 Å². The van der Waals surface area contributed by atoms with E-state index in [1.165, 1.54) is 0 Å². The predicted molar refractivity (Wildman–Crippen MR) is 72.3 cm³/mol. The largest absolute Gasteiger partial charge is 0.478 e. The van der Waals surface area contributed by atoms with Crippen molar-refractivity contribution < 1.29 is 15.0 Å². The number of aliphatic hydroxyl groups is 1. The minimum Gasteiger partial charge on any atom is -0.478 e. The lowest BCUT2D eigenvalue weighted by atomic mass is 10.1. The Hall–Kier alpha value is -1.88. The molecular formula is C14H18N2O3. The van der Waals surface area contributed by atoms with Crippen molar-refractivity contribution >= 4 is 17.0 Å². The van der Waals surface area contributed by atoms with Gasteiger partial charge in [-0.25, -0.2) is 9.78 Å². The zero-order valence-corrected chi connectivity index (χ0v) is 11.1. The molecule has 0 amide bonds. The van der Waals surface area contributed by atoms with Gasteiger partial charge < -0.3 is 14.8 Å². The zero-order valence-electron chi connectivity index (χ0n) is 11.1. The Balaban J connectivity index is 2.42. The fraction of sp³-hybridized carbons (Fsp3) is 0.429. The molecule has 1 heterocycles. The highest BCUT2D eigenvalue weighted by molar-refractivity contribution is 6.01. The van der Waals surface area contributed by atoms with Crippen molar-refractivity contribution in [1.82, 2.24) is 9.55 Å². The number of fused-ring (bicyclic) bond motifs is 1. The summed E-state index contributed by atoms with van der Waals surface area (Å²) >= 11 is 0. The molecule has 0 saturated heterocycles. The third-order valence-corrected chi connectivity index (χ3v) is 3.36. The van der Waals surface area contributed by atoms with Gasteiger partial charge in [0.05, 0.1) is 17.2 Å². The smallest absolute Gasteiger partial charge is 0.337 e. The number of nitrogens with zero attached hydrogens (tertiary/aromatic N) is 2. The van der Waals surface area contributed by atoms with Crippen LogP contribution in [0.3, 0.4) is 0 Å². The van der Waals surface area contributed by atoms with Gasteiger partial charge in [0.2, 0.25) is 0 Å². The first-order valence-electron chi connectivity index (χ1n) is 6.41. The lowest BCUT2D eigenvalue weighted by Crippen LogP contribution is -2.10. The topological polar surface area (TPSA) is 75.3 Å². The van der Waals surface area contributed by atoms with E-state index in [0.717, 1.165) is 11.3 Å². The van der Waals surface area contributed by atoms with Crippen molar-refractivity contribution in [1.29, 1.82) is 0 Å². The number of hydrogen-bond donors (Lipinski definition) is 2. The van der Waals surface area contributed by atoms with Crippen LogP contribution in [0.5, 0.6) is 0 Å². The Bertz CT molecular complexity index is 604. The first kappa shape index (κ1) is 13.5. The fourth-order valence-electron chi connectivity index (χ4n) is 2.20. The van der Waals surface area contributed by atoms with E-state index in [0.29, 0.717) is 24.9 Å². The van der Waals surface area contributed by atoms with Gasteiger partial charge in [-0.1, -0.05) is 13.0 Å². The molecule has 5 heteroatoms. The van der Waals surface area contributed by atoms with Crippen LogP contribution in [-0.4, -0.2) is 31.8 Å². The first-order valence-corrected chi connectivity index (χ1v) is 6.41. The molecule has 0 saturated carbocycles. The normalized spacial score (nSPS) is 12.8. The molecule has 1 unspecified atom stereocenters. The first-order chi connectivity index (χ1) is 9.04. The average Bonchev–Trinajstić information content (AvgIpc) is 2.71. The molecule has 0 aliphatic heterocycles. The van der Waals surface area contributed by atoms with Crippen molar-refractivity contribution in [3.05, 3.63) is 29.6 Å². The Morgan fingerprint density at radius 1 is 1.47 bits per heavy atom. The van der Waals surface area contributed by atoms with Gasteiger partial charge in [0.15, 0.2) is 0 Å². The fourth-order valence-corrected chi connectivity index (χ4v) is 2.20. The number of carboxylic acids is 1. The van der Waals surface area contributed by atoms with Gasteiger partial charge in [-0.3, -0.25) is 0 Å². The summed E-state index contributed by atoms with van der Waals surface area (Å²) in [5.74, 6) is -0.198. The molecule has 1 aromatic heterocycles. The molecule has 0 bridgehead atoms. The van der Waals surface area contributed by atoms with Crippen molar-refractivity contribution in [3.8, 4) is 0 Å². The molecule has 1 atom stereocenters. The molecule has 5 nitrogen and oxygen atoms in total. The summed E-state index contributed by atoms with van der Waals surface area (Å²) in [5.41, 5.74) is 1.54. The number of benzene rings is 1. The van der Waals surface area contributed by atoms with E-state index >= 15 is 0 Å². The summed E-state index contributed by atoms with van der Waals surface area (Å²) < 4.78 is 1.96. The van der Waals surface area contributed by atoms with E-state index in [-0.39, 0.29) is 11.7 Å². The second kappa shape index (κ2) is 5.40. The van der Waals surface area contributed by atoms with E-state index in [4.69, 9.17) is 5.11 Å². The maximum absolute atomic E-state index is 11.2. The van der Waals surface area contributed by atoms with Gasteiger partial charge in [-0.2, -0.15) is 0 Å². The van der Waals surface area contributed by atoms with E-state index < -0.39 is 5.97 Å². The molecule has 19 heavy (non-hydrogen) atoms. The minimum atomic E-state index is -0.969. The van der Waals surface area contributed by atoms with E-state index in [1.807, 2.05) is 24.5 Å². The summed E-state index contributed by atoms with van der Waals surface area (Å²) in [7, 11) is 0.